The lowest BCUT2D eigenvalue weighted by molar-refractivity contribution is 0.430. The molecule has 6 aromatic carbocycles. The van der Waals surface area contributed by atoms with E-state index in [1.807, 2.05) is 24.3 Å². The minimum Gasteiger partial charge on any atom is -0.457 e. The van der Waals surface area contributed by atoms with Gasteiger partial charge >= 0.3 is 0 Å². The van der Waals surface area contributed by atoms with Gasteiger partial charge in [0, 0.05) is 22.3 Å². The second-order valence-electron chi connectivity index (χ2n) is 11.8. The predicted molar refractivity (Wildman–Crippen MR) is 186 cm³/mol. The van der Waals surface area contributed by atoms with E-state index in [2.05, 4.69) is 146 Å². The van der Waals surface area contributed by atoms with Crippen molar-refractivity contribution in [3.63, 3.8) is 0 Å². The van der Waals surface area contributed by atoms with Crippen molar-refractivity contribution < 1.29 is 4.74 Å². The monoisotopic (exact) mass is 588 g/mol. The summed E-state index contributed by atoms with van der Waals surface area (Å²) in [6.07, 6.45) is 0. The van der Waals surface area contributed by atoms with Crippen LogP contribution in [-0.2, 0) is 5.41 Å². The molecule has 3 heterocycles. The summed E-state index contributed by atoms with van der Waals surface area (Å²) < 4.78 is 6.55. The fourth-order valence-electron chi connectivity index (χ4n) is 6.98. The molecule has 46 heavy (non-hydrogen) atoms. The van der Waals surface area contributed by atoms with E-state index in [4.69, 9.17) is 14.7 Å². The van der Waals surface area contributed by atoms with Gasteiger partial charge in [0.05, 0.1) is 22.8 Å². The van der Waals surface area contributed by atoms with Crippen molar-refractivity contribution >= 4 is 21.5 Å². The normalized spacial score (nSPS) is 13.1. The third kappa shape index (κ3) is 4.13. The first-order valence-electron chi connectivity index (χ1n) is 15.6. The summed E-state index contributed by atoms with van der Waals surface area (Å²) in [5.41, 5.74) is 6.95. The molecule has 0 amide bonds. The summed E-state index contributed by atoms with van der Waals surface area (Å²) in [4.78, 5) is 10.9. The highest BCUT2D eigenvalue weighted by Crippen LogP contribution is 2.54. The molecule has 0 N–H and O–H groups in total. The largest absolute Gasteiger partial charge is 0.457 e. The van der Waals surface area contributed by atoms with E-state index < -0.39 is 5.41 Å². The van der Waals surface area contributed by atoms with Gasteiger partial charge in [-0.15, -0.1) is 0 Å². The van der Waals surface area contributed by atoms with Crippen LogP contribution in [-0.4, -0.2) is 9.97 Å². The Morgan fingerprint density at radius 2 is 0.804 bits per heavy atom. The zero-order valence-electron chi connectivity index (χ0n) is 25.0. The van der Waals surface area contributed by atoms with Gasteiger partial charge in [-0.1, -0.05) is 121 Å². The molecule has 0 spiro atoms. The second kappa shape index (κ2) is 10.5. The summed E-state index contributed by atoms with van der Waals surface area (Å²) in [5.74, 6) is 1.61. The quantitative estimate of drug-likeness (QED) is 0.205. The van der Waals surface area contributed by atoms with Crippen LogP contribution in [0.3, 0.4) is 0 Å². The Balaban J connectivity index is 1.31. The molecule has 3 nitrogen and oxygen atoms in total. The Bertz CT molecular complexity index is 2260. The summed E-state index contributed by atoms with van der Waals surface area (Å²) in [5, 5.41) is 4.79. The molecule has 1 aliphatic heterocycles. The molecule has 0 bridgehead atoms. The molecule has 0 saturated carbocycles. The molecule has 0 radical (unpaired) electrons. The molecule has 3 heteroatoms. The van der Waals surface area contributed by atoms with E-state index in [0.29, 0.717) is 0 Å². The van der Waals surface area contributed by atoms with E-state index >= 15 is 0 Å². The maximum atomic E-state index is 6.55. The highest BCUT2D eigenvalue weighted by Gasteiger charge is 2.47. The molecule has 9 rings (SSSR count). The average molecular weight is 589 g/mol. The minimum absolute atomic E-state index is 0.803. The van der Waals surface area contributed by atoms with Gasteiger partial charge in [0.25, 0.3) is 0 Å². The van der Waals surface area contributed by atoms with Crippen LogP contribution >= 0.6 is 0 Å². The van der Waals surface area contributed by atoms with Gasteiger partial charge in [0.15, 0.2) is 0 Å². The van der Waals surface area contributed by atoms with Gasteiger partial charge < -0.3 is 4.74 Å². The summed E-state index contributed by atoms with van der Waals surface area (Å²) in [6.45, 7) is 0. The topological polar surface area (TPSA) is 35.0 Å². The number of hydrogen-bond donors (Lipinski definition) is 0. The lowest BCUT2D eigenvalue weighted by atomic mass is 9.67. The van der Waals surface area contributed by atoms with Crippen molar-refractivity contribution in [3.8, 4) is 34.0 Å². The van der Waals surface area contributed by atoms with Crippen molar-refractivity contribution in [1.29, 1.82) is 0 Å². The number of rotatable bonds is 4. The number of nitrogens with zero attached hydrogens (tertiary/aromatic N) is 2. The van der Waals surface area contributed by atoms with Gasteiger partial charge in [-0.3, -0.25) is 9.97 Å². The van der Waals surface area contributed by atoms with E-state index in [9.17, 15) is 0 Å². The molecule has 216 valence electrons. The van der Waals surface area contributed by atoms with Crippen LogP contribution in [0.4, 0.5) is 0 Å². The minimum atomic E-state index is -0.828. The molecular weight excluding hydrogens is 560 g/mol. The molecule has 0 fully saturated rings. The van der Waals surface area contributed by atoms with Crippen molar-refractivity contribution in [2.45, 2.75) is 5.41 Å². The number of aromatic nitrogens is 2. The van der Waals surface area contributed by atoms with Crippen molar-refractivity contribution in [2.24, 2.45) is 0 Å². The summed E-state index contributed by atoms with van der Waals surface area (Å²) >= 11 is 0. The summed E-state index contributed by atoms with van der Waals surface area (Å²) in [7, 11) is 0. The van der Waals surface area contributed by atoms with E-state index in [-0.39, 0.29) is 0 Å². The Kier molecular flexibility index (Phi) is 6.04. The van der Waals surface area contributed by atoms with E-state index in [1.165, 1.54) is 21.5 Å². The van der Waals surface area contributed by atoms with Crippen molar-refractivity contribution in [3.05, 3.63) is 192 Å². The maximum Gasteiger partial charge on any atom is 0.132 e. The molecule has 2 aromatic heterocycles. The van der Waals surface area contributed by atoms with Crippen molar-refractivity contribution in [1.82, 2.24) is 9.97 Å². The Morgan fingerprint density at radius 3 is 1.30 bits per heavy atom. The highest BCUT2D eigenvalue weighted by molar-refractivity contribution is 5.88. The Morgan fingerprint density at radius 1 is 0.370 bits per heavy atom. The molecule has 0 saturated heterocycles. The number of ether oxygens (including phenoxy) is 1. The SMILES string of the molecule is c1cc(-c2ccc3ccccc3c2)nc(C2(c3cccc(-c4ccc5ccccc5c4)n3)c3ccccc3Oc3ccccc32)c1. The van der Waals surface area contributed by atoms with Gasteiger partial charge in [-0.2, -0.15) is 0 Å². The van der Waals surface area contributed by atoms with Crippen LogP contribution in [0.25, 0.3) is 44.1 Å². The van der Waals surface area contributed by atoms with Crippen molar-refractivity contribution in [2.75, 3.05) is 0 Å². The number of fused-ring (bicyclic) bond motifs is 4. The van der Waals surface area contributed by atoms with Crippen LogP contribution in [0, 0.1) is 0 Å². The zero-order valence-corrected chi connectivity index (χ0v) is 25.0. The molecule has 1 aliphatic rings. The van der Waals surface area contributed by atoms with Crippen LogP contribution in [0.5, 0.6) is 11.5 Å². The summed E-state index contributed by atoms with van der Waals surface area (Å²) in [6, 6.07) is 59.2. The molecule has 8 aromatic rings. The lowest BCUT2D eigenvalue weighted by Crippen LogP contribution is -2.36. The second-order valence-corrected chi connectivity index (χ2v) is 11.8. The number of pyridine rings is 2. The molecule has 0 unspecified atom stereocenters. The number of para-hydroxylation sites is 2. The Hall–Kier alpha value is -6.06. The molecule has 0 atom stereocenters. The third-order valence-electron chi connectivity index (χ3n) is 9.16. The number of benzene rings is 6. The first kappa shape index (κ1) is 26.4. The lowest BCUT2D eigenvalue weighted by Gasteiger charge is -2.39. The van der Waals surface area contributed by atoms with Gasteiger partial charge in [-0.25, -0.2) is 0 Å². The fourth-order valence-corrected chi connectivity index (χ4v) is 6.98. The van der Waals surface area contributed by atoms with Gasteiger partial charge in [-0.05, 0) is 70.1 Å². The van der Waals surface area contributed by atoms with Crippen LogP contribution in [0.2, 0.25) is 0 Å². The van der Waals surface area contributed by atoms with E-state index in [1.54, 1.807) is 0 Å². The standard InChI is InChI=1S/C43H28N2O/c1-3-13-31-27-33(25-23-29(31)11-1)37-17-9-21-41(44-37)43(35-15-5-7-19-39(35)46-40-20-8-6-16-36(40)43)42-22-10-18-38(45-42)34-26-24-30-12-2-4-14-32(30)28-34/h1-28H. The molecule has 0 aliphatic carbocycles. The van der Waals surface area contributed by atoms with Gasteiger partial charge in [0.2, 0.25) is 0 Å². The fraction of sp³-hybridized carbons (Fsp3) is 0.0233. The molecular formula is C43H28N2O. The van der Waals surface area contributed by atoms with Crippen LogP contribution in [0.1, 0.15) is 22.5 Å². The van der Waals surface area contributed by atoms with Gasteiger partial charge in [0.1, 0.15) is 16.9 Å². The smallest absolute Gasteiger partial charge is 0.132 e. The third-order valence-corrected chi connectivity index (χ3v) is 9.16. The first-order valence-corrected chi connectivity index (χ1v) is 15.6. The highest BCUT2D eigenvalue weighted by atomic mass is 16.5. The van der Waals surface area contributed by atoms with Crippen LogP contribution < -0.4 is 4.74 Å². The zero-order chi connectivity index (χ0) is 30.5. The number of hydrogen-bond acceptors (Lipinski definition) is 3. The average Bonchev–Trinajstić information content (AvgIpc) is 3.13. The maximum absolute atomic E-state index is 6.55. The van der Waals surface area contributed by atoms with Crippen LogP contribution in [0.15, 0.2) is 170 Å². The van der Waals surface area contributed by atoms with E-state index in [0.717, 1.165) is 56.5 Å². The predicted octanol–water partition coefficient (Wildman–Crippen LogP) is 10.6. The Labute approximate surface area is 267 Å². The first-order chi connectivity index (χ1) is 22.8.